The molecular weight excluding hydrogens is 1160 g/mol. The van der Waals surface area contributed by atoms with E-state index in [1.165, 1.54) is 55.6 Å². The van der Waals surface area contributed by atoms with Gasteiger partial charge >= 0.3 is 0 Å². The van der Waals surface area contributed by atoms with Crippen molar-refractivity contribution >= 4 is 45.2 Å². The molecule has 0 N–H and O–H groups in total. The van der Waals surface area contributed by atoms with Crippen LogP contribution in [0.1, 0.15) is 0 Å². The second-order valence-corrected chi connectivity index (χ2v) is 24.1. The highest BCUT2D eigenvalue weighted by Gasteiger charge is 2.21. The molecule has 0 saturated heterocycles. The number of hydrogen-bond donors (Lipinski definition) is 0. The van der Waals surface area contributed by atoms with Crippen LogP contribution in [0.4, 0.5) is 34.1 Å². The van der Waals surface area contributed by atoms with Crippen LogP contribution in [0.2, 0.25) is 0 Å². The summed E-state index contributed by atoms with van der Waals surface area (Å²) in [5.74, 6) is 0. The number of nitrogens with zero attached hydrogens (tertiary/aromatic N) is 4. The van der Waals surface area contributed by atoms with E-state index < -0.39 is 0 Å². The van der Waals surface area contributed by atoms with Gasteiger partial charge in [0.05, 0.1) is 22.4 Å². The highest BCUT2D eigenvalue weighted by molar-refractivity contribution is 5.91. The molecule has 96 heavy (non-hydrogen) atoms. The Morgan fingerprint density at radius 1 is 0.135 bits per heavy atom. The Bertz CT molecular complexity index is 4960. The largest absolute Gasteiger partial charge is 0.311 e. The predicted molar refractivity (Wildman–Crippen MR) is 403 cm³/mol. The molecule has 1 heterocycles. The first-order valence-corrected chi connectivity index (χ1v) is 32.7. The first kappa shape index (κ1) is 58.3. The smallest absolute Gasteiger partial charge is 0.0973 e. The minimum atomic E-state index is 0.805. The molecule has 1 aromatic heterocycles. The summed E-state index contributed by atoms with van der Waals surface area (Å²) in [6, 6.07) is 139. The summed E-state index contributed by atoms with van der Waals surface area (Å²) in [7, 11) is 0. The molecule has 0 bridgehead atoms. The minimum Gasteiger partial charge on any atom is -0.311 e. The van der Waals surface area contributed by atoms with Gasteiger partial charge in [-0.1, -0.05) is 303 Å². The van der Waals surface area contributed by atoms with E-state index >= 15 is 0 Å². The Morgan fingerprint density at radius 3 is 0.552 bits per heavy atom. The van der Waals surface area contributed by atoms with Crippen LogP contribution in [0.5, 0.6) is 0 Å². The van der Waals surface area contributed by atoms with Gasteiger partial charge in [-0.05, 0) is 174 Å². The summed E-state index contributed by atoms with van der Waals surface area (Å²) >= 11 is 0. The van der Waals surface area contributed by atoms with E-state index in [1.54, 1.807) is 0 Å². The molecule has 0 radical (unpaired) electrons. The molecule has 0 fully saturated rings. The fourth-order valence-corrected chi connectivity index (χ4v) is 13.2. The van der Waals surface area contributed by atoms with E-state index in [1.807, 2.05) is 24.3 Å². The minimum absolute atomic E-state index is 0.805. The molecule has 0 unspecified atom stereocenters. The van der Waals surface area contributed by atoms with Gasteiger partial charge in [0.2, 0.25) is 0 Å². The van der Waals surface area contributed by atoms with Crippen LogP contribution in [-0.2, 0) is 0 Å². The van der Waals surface area contributed by atoms with Gasteiger partial charge in [-0.2, -0.15) is 0 Å². The molecule has 16 aromatic rings. The second-order valence-electron chi connectivity index (χ2n) is 24.1. The third-order valence-corrected chi connectivity index (χ3v) is 18.2. The third-order valence-electron chi connectivity index (χ3n) is 18.2. The van der Waals surface area contributed by atoms with E-state index in [-0.39, 0.29) is 0 Å². The number of benzene rings is 15. The van der Waals surface area contributed by atoms with Crippen LogP contribution < -0.4 is 9.80 Å². The summed E-state index contributed by atoms with van der Waals surface area (Å²) < 4.78 is 0. The Balaban J connectivity index is 0.745. The lowest BCUT2D eigenvalue weighted by Crippen LogP contribution is -2.10. The monoisotopic (exact) mass is 1220 g/mol. The molecule has 0 atom stereocenters. The number of fused-ring (bicyclic) bond motifs is 1. The zero-order valence-electron chi connectivity index (χ0n) is 52.7. The Morgan fingerprint density at radius 2 is 0.302 bits per heavy atom. The number of aromatic nitrogens is 2. The van der Waals surface area contributed by atoms with Crippen LogP contribution in [0.3, 0.4) is 0 Å². The molecule has 0 aliphatic heterocycles. The van der Waals surface area contributed by atoms with Crippen molar-refractivity contribution in [1.29, 1.82) is 0 Å². The average Bonchev–Trinajstić information content (AvgIpc) is 0.829. The number of hydrogen-bond acceptors (Lipinski definition) is 4. The summed E-state index contributed by atoms with van der Waals surface area (Å²) in [5, 5.41) is 0. The summed E-state index contributed by atoms with van der Waals surface area (Å²) in [6.07, 6.45) is 0. The zero-order chi connectivity index (χ0) is 64.0. The Labute approximate surface area is 561 Å². The van der Waals surface area contributed by atoms with Gasteiger partial charge in [0.1, 0.15) is 0 Å². The van der Waals surface area contributed by atoms with Crippen molar-refractivity contribution in [3.8, 4) is 112 Å². The first-order valence-electron chi connectivity index (χ1n) is 32.7. The fraction of sp³-hybridized carbons (Fsp3) is 0. The summed E-state index contributed by atoms with van der Waals surface area (Å²) in [6.45, 7) is 0. The molecule has 4 heteroatoms. The van der Waals surface area contributed by atoms with Crippen molar-refractivity contribution in [1.82, 2.24) is 9.97 Å². The van der Waals surface area contributed by atoms with Crippen molar-refractivity contribution in [2.45, 2.75) is 0 Å². The number of para-hydroxylation sites is 2. The molecule has 15 aromatic carbocycles. The van der Waals surface area contributed by atoms with Gasteiger partial charge in [0, 0.05) is 45.3 Å². The van der Waals surface area contributed by atoms with Crippen molar-refractivity contribution in [2.75, 3.05) is 9.80 Å². The van der Waals surface area contributed by atoms with E-state index in [0.29, 0.717) is 0 Å². The quantitative estimate of drug-likeness (QED) is 0.0965. The zero-order valence-corrected chi connectivity index (χ0v) is 52.7. The van der Waals surface area contributed by atoms with Gasteiger partial charge in [-0.25, -0.2) is 9.97 Å². The molecule has 0 spiro atoms. The number of anilines is 6. The van der Waals surface area contributed by atoms with Gasteiger partial charge in [-0.15, -0.1) is 0 Å². The fourth-order valence-electron chi connectivity index (χ4n) is 13.2. The summed E-state index contributed by atoms with van der Waals surface area (Å²) in [5.41, 5.74) is 30.3. The number of rotatable bonds is 16. The average molecular weight is 1230 g/mol. The van der Waals surface area contributed by atoms with Crippen molar-refractivity contribution in [3.63, 3.8) is 0 Å². The first-order chi connectivity index (χ1) is 47.6. The molecule has 452 valence electrons. The standard InChI is InChI=1S/C92H64N4/c1-5-19-65(20-6-1)67-33-37-69(38-34-67)71-41-53-79(54-42-71)95(81-57-45-75(46-58-81)87-29-15-13-27-85(87)73-23-9-3-10-24-73)83-61-49-77(50-62-83)91-92(94-90-32-18-17-31-89(90)93-91)78-51-63-84(64-52-78)96(80-55-43-72(44-56-80)70-39-35-68(36-40-70)66-21-7-2-8-22-66)82-59-47-76(48-60-82)88-30-16-14-28-86(88)74-25-11-4-12-26-74/h1-64H. The van der Waals surface area contributed by atoms with Crippen LogP contribution in [0, 0.1) is 0 Å². The van der Waals surface area contributed by atoms with Gasteiger partial charge in [0.25, 0.3) is 0 Å². The lowest BCUT2D eigenvalue weighted by molar-refractivity contribution is 1.26. The van der Waals surface area contributed by atoms with Crippen LogP contribution in [-0.4, -0.2) is 9.97 Å². The Hall–Kier alpha value is -12.8. The van der Waals surface area contributed by atoms with Crippen LogP contribution in [0.15, 0.2) is 388 Å². The van der Waals surface area contributed by atoms with E-state index in [9.17, 15) is 0 Å². The maximum atomic E-state index is 5.42. The van der Waals surface area contributed by atoms with E-state index in [0.717, 1.165) is 101 Å². The van der Waals surface area contributed by atoms with Crippen molar-refractivity contribution < 1.29 is 0 Å². The highest BCUT2D eigenvalue weighted by Crippen LogP contribution is 2.43. The topological polar surface area (TPSA) is 32.3 Å². The van der Waals surface area contributed by atoms with Gasteiger partial charge < -0.3 is 9.80 Å². The lowest BCUT2D eigenvalue weighted by Gasteiger charge is -2.26. The van der Waals surface area contributed by atoms with Gasteiger partial charge in [0.15, 0.2) is 0 Å². The van der Waals surface area contributed by atoms with Crippen LogP contribution in [0.25, 0.3) is 123 Å². The maximum Gasteiger partial charge on any atom is 0.0973 e. The van der Waals surface area contributed by atoms with Crippen molar-refractivity contribution in [2.24, 2.45) is 0 Å². The maximum absolute atomic E-state index is 5.42. The molecule has 16 rings (SSSR count). The van der Waals surface area contributed by atoms with Crippen molar-refractivity contribution in [3.05, 3.63) is 388 Å². The molecule has 0 saturated carbocycles. The second kappa shape index (κ2) is 26.5. The van der Waals surface area contributed by atoms with Crippen LogP contribution >= 0.6 is 0 Å². The molecule has 0 amide bonds. The molecular formula is C92H64N4. The lowest BCUT2D eigenvalue weighted by atomic mass is 9.94. The third kappa shape index (κ3) is 12.1. The molecule has 0 aliphatic carbocycles. The summed E-state index contributed by atoms with van der Waals surface area (Å²) in [4.78, 5) is 15.5. The molecule has 0 aliphatic rings. The molecule has 4 nitrogen and oxygen atoms in total. The predicted octanol–water partition coefficient (Wildman–Crippen LogP) is 25.2. The van der Waals surface area contributed by atoms with E-state index in [4.69, 9.17) is 9.97 Å². The highest BCUT2D eigenvalue weighted by atomic mass is 15.1. The van der Waals surface area contributed by atoms with Gasteiger partial charge in [-0.3, -0.25) is 0 Å². The SMILES string of the molecule is c1ccc(-c2ccc(-c3ccc(N(c4ccc(-c5ccccc5-c5ccccc5)cc4)c4ccc(-c5nc6ccccc6nc5-c5ccc(N(c6ccc(-c7ccc(-c8ccccc8)cc7)cc6)c6ccc(-c7ccccc7-c7ccccc7)cc6)cc5)cc4)cc3)cc2)cc1. The van der Waals surface area contributed by atoms with E-state index in [2.05, 4.69) is 374 Å². The normalized spacial score (nSPS) is 11.1. The Kier molecular flexibility index (Phi) is 16.1.